The number of aromatic nitrogens is 1. The molecule has 1 aromatic heterocycles. The van der Waals surface area contributed by atoms with Crippen molar-refractivity contribution in [1.29, 1.82) is 0 Å². The molecule has 174 valence electrons. The van der Waals surface area contributed by atoms with E-state index in [0.29, 0.717) is 22.8 Å². The van der Waals surface area contributed by atoms with Crippen molar-refractivity contribution >= 4 is 23.7 Å². The van der Waals surface area contributed by atoms with Gasteiger partial charge in [0.2, 0.25) is 0 Å². The normalized spacial score (nSPS) is 11.5. The van der Waals surface area contributed by atoms with E-state index in [1.807, 2.05) is 25.1 Å². The number of imide groups is 1. The number of rotatable bonds is 5. The van der Waals surface area contributed by atoms with E-state index in [9.17, 15) is 9.59 Å². The Morgan fingerprint density at radius 2 is 1.59 bits per heavy atom. The highest BCUT2D eigenvalue weighted by atomic mass is 16.6. The first-order valence-electron chi connectivity index (χ1n) is 10.4. The quantitative estimate of drug-likeness (QED) is 0.623. The van der Waals surface area contributed by atoms with Crippen molar-refractivity contribution in [2.24, 2.45) is 0 Å². The van der Waals surface area contributed by atoms with E-state index in [2.05, 4.69) is 10.3 Å². The van der Waals surface area contributed by atoms with E-state index in [0.717, 1.165) is 10.5 Å². The molecule has 0 saturated carbocycles. The average Bonchev–Trinajstić information content (AvgIpc) is 2.63. The average molecular weight is 444 g/mol. The fraction of sp³-hybridized carbons (Fsp3) is 0.458. The second kappa shape index (κ2) is 9.89. The smallest absolute Gasteiger partial charge is 0.420 e. The van der Waals surface area contributed by atoms with Gasteiger partial charge >= 0.3 is 12.2 Å². The summed E-state index contributed by atoms with van der Waals surface area (Å²) in [7, 11) is 1.53. The van der Waals surface area contributed by atoms with Crippen LogP contribution in [0.25, 0.3) is 0 Å². The number of hydrogen-bond donors (Lipinski definition) is 1. The van der Waals surface area contributed by atoms with Crippen LogP contribution in [-0.4, -0.2) is 40.4 Å². The number of nitrogens with one attached hydrogen (secondary N) is 1. The lowest BCUT2D eigenvalue weighted by Crippen LogP contribution is -2.43. The van der Waals surface area contributed by atoms with Gasteiger partial charge in [-0.05, 0) is 72.2 Å². The van der Waals surface area contributed by atoms with Crippen molar-refractivity contribution in [3.63, 3.8) is 0 Å². The number of benzene rings is 1. The van der Waals surface area contributed by atoms with E-state index in [4.69, 9.17) is 14.2 Å². The number of pyridine rings is 1. The van der Waals surface area contributed by atoms with Gasteiger partial charge < -0.3 is 19.5 Å². The van der Waals surface area contributed by atoms with Crippen molar-refractivity contribution in [2.75, 3.05) is 12.4 Å². The molecular formula is C24H33N3O5. The minimum absolute atomic E-state index is 0.0935. The SMILES string of the molecule is COc1c(CN(C(=O)OC(C)(C)C)C(=O)OC(C)(C)C)cccc1Nc1cc(C)ccn1. The molecule has 1 N–H and O–H groups in total. The Bertz CT molecular complexity index is 933. The van der Waals surface area contributed by atoms with E-state index < -0.39 is 23.4 Å². The van der Waals surface area contributed by atoms with Gasteiger partial charge in [-0.2, -0.15) is 0 Å². The van der Waals surface area contributed by atoms with Gasteiger partial charge in [-0.3, -0.25) is 0 Å². The zero-order valence-corrected chi connectivity index (χ0v) is 20.1. The minimum Gasteiger partial charge on any atom is -0.494 e. The number of hydrogen-bond acceptors (Lipinski definition) is 7. The molecule has 32 heavy (non-hydrogen) atoms. The fourth-order valence-electron chi connectivity index (χ4n) is 2.80. The summed E-state index contributed by atoms with van der Waals surface area (Å²) in [5.41, 5.74) is 0.750. The molecule has 0 spiro atoms. The van der Waals surface area contributed by atoms with E-state index in [1.165, 1.54) is 7.11 Å². The Labute approximate surface area is 189 Å². The molecular weight excluding hydrogens is 410 g/mol. The van der Waals surface area contributed by atoms with E-state index in [-0.39, 0.29) is 6.54 Å². The van der Waals surface area contributed by atoms with Crippen LogP contribution in [0.2, 0.25) is 0 Å². The third-order valence-corrected chi connectivity index (χ3v) is 4.04. The number of carbonyl (C=O) groups excluding carboxylic acids is 2. The molecule has 8 nitrogen and oxygen atoms in total. The van der Waals surface area contributed by atoms with Crippen molar-refractivity contribution in [1.82, 2.24) is 9.88 Å². The first kappa shape index (κ1) is 25.0. The standard InChI is InChI=1S/C24H33N3O5/c1-16-12-13-25-19(14-16)26-18-11-9-10-17(20(18)30-8)15-27(21(28)31-23(2,3)4)22(29)32-24(5,6)7/h9-14H,15H2,1-8H3,(H,25,26). The molecule has 0 aliphatic carbocycles. The molecule has 1 heterocycles. The highest BCUT2D eigenvalue weighted by molar-refractivity contribution is 5.88. The van der Waals surface area contributed by atoms with Gasteiger partial charge in [0, 0.05) is 11.8 Å². The number of carbonyl (C=O) groups is 2. The Morgan fingerprint density at radius 1 is 1.00 bits per heavy atom. The van der Waals surface area contributed by atoms with Gasteiger partial charge in [0.15, 0.2) is 0 Å². The second-order valence-corrected chi connectivity index (χ2v) is 9.39. The molecule has 2 amide bonds. The number of aryl methyl sites for hydroxylation is 1. The summed E-state index contributed by atoms with van der Waals surface area (Å²) in [6, 6.07) is 9.21. The van der Waals surface area contributed by atoms with Gasteiger partial charge in [0.1, 0.15) is 22.8 Å². The maximum absolute atomic E-state index is 12.8. The molecule has 0 fully saturated rings. The minimum atomic E-state index is -0.799. The molecule has 2 rings (SSSR count). The summed E-state index contributed by atoms with van der Waals surface area (Å²) in [4.78, 5) is 30.9. The van der Waals surface area contributed by atoms with Crippen LogP contribution < -0.4 is 10.1 Å². The lowest BCUT2D eigenvalue weighted by molar-refractivity contribution is -0.000331. The largest absolute Gasteiger partial charge is 0.494 e. The molecule has 0 atom stereocenters. The van der Waals surface area contributed by atoms with Gasteiger partial charge in [0.05, 0.1) is 19.3 Å². The predicted octanol–water partition coefficient (Wildman–Crippen LogP) is 5.81. The summed E-state index contributed by atoms with van der Waals surface area (Å²) in [5.74, 6) is 1.13. The van der Waals surface area contributed by atoms with Crippen LogP contribution in [0, 0.1) is 6.92 Å². The topological polar surface area (TPSA) is 90.0 Å². The van der Waals surface area contributed by atoms with Crippen LogP contribution >= 0.6 is 0 Å². The van der Waals surface area contributed by atoms with Crippen LogP contribution in [0.4, 0.5) is 21.1 Å². The van der Waals surface area contributed by atoms with Gasteiger partial charge in [-0.25, -0.2) is 19.5 Å². The third-order valence-electron chi connectivity index (χ3n) is 4.04. The third kappa shape index (κ3) is 7.44. The molecule has 0 aliphatic heterocycles. The highest BCUT2D eigenvalue weighted by Crippen LogP contribution is 2.32. The van der Waals surface area contributed by atoms with Gasteiger partial charge in [-0.1, -0.05) is 12.1 Å². The summed E-state index contributed by atoms with van der Waals surface area (Å²) in [5, 5.41) is 3.23. The maximum Gasteiger partial charge on any atom is 0.420 e. The predicted molar refractivity (Wildman–Crippen MR) is 123 cm³/mol. The van der Waals surface area contributed by atoms with Crippen LogP contribution in [-0.2, 0) is 16.0 Å². The van der Waals surface area contributed by atoms with Gasteiger partial charge in [0.25, 0.3) is 0 Å². The van der Waals surface area contributed by atoms with Crippen molar-refractivity contribution < 1.29 is 23.8 Å². The molecule has 0 bridgehead atoms. The zero-order valence-electron chi connectivity index (χ0n) is 20.1. The Morgan fingerprint density at radius 3 is 2.09 bits per heavy atom. The molecule has 0 saturated heterocycles. The molecule has 8 heteroatoms. The van der Waals surface area contributed by atoms with Crippen molar-refractivity contribution in [3.05, 3.63) is 47.7 Å². The second-order valence-electron chi connectivity index (χ2n) is 9.39. The number of ether oxygens (including phenoxy) is 3. The summed E-state index contributed by atoms with van der Waals surface area (Å²) in [6.07, 6.45) is 0.112. The molecule has 0 aliphatic rings. The number of amides is 2. The molecule has 0 unspecified atom stereocenters. The first-order valence-corrected chi connectivity index (χ1v) is 10.4. The number of anilines is 2. The van der Waals surface area contributed by atoms with Crippen molar-refractivity contribution in [2.45, 2.75) is 66.2 Å². The summed E-state index contributed by atoms with van der Waals surface area (Å²) in [6.45, 7) is 12.3. The lowest BCUT2D eigenvalue weighted by atomic mass is 10.1. The Kier molecular flexibility index (Phi) is 7.72. The van der Waals surface area contributed by atoms with Crippen LogP contribution in [0.1, 0.15) is 52.7 Å². The summed E-state index contributed by atoms with van der Waals surface area (Å²) >= 11 is 0. The van der Waals surface area contributed by atoms with E-state index >= 15 is 0 Å². The Hall–Kier alpha value is -3.29. The van der Waals surface area contributed by atoms with Crippen molar-refractivity contribution in [3.8, 4) is 5.75 Å². The molecule has 2 aromatic rings. The van der Waals surface area contributed by atoms with E-state index in [1.54, 1.807) is 59.9 Å². The number of methoxy groups -OCH3 is 1. The maximum atomic E-state index is 12.8. The summed E-state index contributed by atoms with van der Waals surface area (Å²) < 4.78 is 16.5. The lowest BCUT2D eigenvalue weighted by Gasteiger charge is -2.29. The number of nitrogens with zero attached hydrogens (tertiary/aromatic N) is 2. The highest BCUT2D eigenvalue weighted by Gasteiger charge is 2.32. The van der Waals surface area contributed by atoms with Crippen LogP contribution in [0.3, 0.4) is 0 Å². The molecule has 0 radical (unpaired) electrons. The monoisotopic (exact) mass is 443 g/mol. The zero-order chi connectivity index (χ0) is 24.1. The van der Waals surface area contributed by atoms with Gasteiger partial charge in [-0.15, -0.1) is 0 Å². The van der Waals surface area contributed by atoms with Crippen LogP contribution in [0.5, 0.6) is 5.75 Å². The van der Waals surface area contributed by atoms with Crippen LogP contribution in [0.15, 0.2) is 36.5 Å². The number of para-hydroxylation sites is 1. The first-order chi connectivity index (χ1) is 14.8. The molecule has 1 aromatic carbocycles. The Balaban J connectivity index is 2.39. The fourth-order valence-corrected chi connectivity index (χ4v) is 2.80.